The van der Waals surface area contributed by atoms with Crippen molar-refractivity contribution in [3.63, 3.8) is 0 Å². The van der Waals surface area contributed by atoms with Crippen LogP contribution in [0, 0.1) is 0 Å². The first-order valence-electron chi connectivity index (χ1n) is 5.60. The van der Waals surface area contributed by atoms with Gasteiger partial charge in [-0.1, -0.05) is 26.3 Å². The van der Waals surface area contributed by atoms with E-state index < -0.39 is 14.3 Å². The van der Waals surface area contributed by atoms with Crippen molar-refractivity contribution in [1.29, 1.82) is 0 Å². The Morgan fingerprint density at radius 1 is 1.38 bits per heavy atom. The van der Waals surface area contributed by atoms with Crippen molar-refractivity contribution in [3.05, 3.63) is 11.6 Å². The van der Waals surface area contributed by atoms with Gasteiger partial charge in [0.15, 0.2) is 8.32 Å². The minimum atomic E-state index is -1.69. The van der Waals surface area contributed by atoms with Crippen molar-refractivity contribution in [1.82, 2.24) is 0 Å². The molecule has 0 heterocycles. The highest BCUT2D eigenvalue weighted by molar-refractivity contribution is 6.74. The fourth-order valence-corrected chi connectivity index (χ4v) is 2.01. The molecule has 0 aromatic carbocycles. The molecular weight excluding hydrogens is 220 g/mol. The molecule has 0 fully saturated rings. The Kier molecular flexibility index (Phi) is 5.42. The minimum Gasteiger partial charge on any atom is -0.478 e. The number of carbonyl (C=O) groups is 1. The number of aliphatic carboxylic acids is 1. The van der Waals surface area contributed by atoms with Gasteiger partial charge in [-0.25, -0.2) is 4.79 Å². The molecule has 0 saturated carbocycles. The molecule has 0 aliphatic carbocycles. The maximum Gasteiger partial charge on any atom is 0.328 e. The second-order valence-electron chi connectivity index (χ2n) is 5.69. The summed E-state index contributed by atoms with van der Waals surface area (Å²) in [6, 6.07) is 0. The van der Waals surface area contributed by atoms with Crippen LogP contribution in [0.3, 0.4) is 0 Å². The van der Waals surface area contributed by atoms with Crippen LogP contribution in [0.25, 0.3) is 0 Å². The van der Waals surface area contributed by atoms with Gasteiger partial charge in [0.05, 0.1) is 0 Å². The number of hydrogen-bond donors (Lipinski definition) is 1. The molecule has 3 nitrogen and oxygen atoms in total. The van der Waals surface area contributed by atoms with Crippen LogP contribution in [0.1, 0.15) is 34.1 Å². The van der Waals surface area contributed by atoms with Crippen molar-refractivity contribution < 1.29 is 14.3 Å². The Balaban J connectivity index is 4.14. The van der Waals surface area contributed by atoms with E-state index >= 15 is 0 Å². The van der Waals surface area contributed by atoms with E-state index in [0.717, 1.165) is 5.57 Å². The molecule has 0 aromatic rings. The van der Waals surface area contributed by atoms with Crippen molar-refractivity contribution in [3.8, 4) is 0 Å². The zero-order valence-electron chi connectivity index (χ0n) is 11.3. The predicted molar refractivity (Wildman–Crippen MR) is 69.2 cm³/mol. The molecule has 1 N–H and O–H groups in total. The lowest BCUT2D eigenvalue weighted by Crippen LogP contribution is -2.41. The Morgan fingerprint density at radius 3 is 2.25 bits per heavy atom. The van der Waals surface area contributed by atoms with Crippen molar-refractivity contribution >= 4 is 14.3 Å². The normalized spacial score (nSPS) is 14.0. The Labute approximate surface area is 99.6 Å². The second kappa shape index (κ2) is 5.64. The number of rotatable bonds is 5. The maximum absolute atomic E-state index is 10.4. The Morgan fingerprint density at radius 2 is 1.88 bits per heavy atom. The van der Waals surface area contributed by atoms with Crippen molar-refractivity contribution in [2.24, 2.45) is 0 Å². The van der Waals surface area contributed by atoms with Gasteiger partial charge < -0.3 is 9.53 Å². The molecule has 0 aliphatic rings. The van der Waals surface area contributed by atoms with Gasteiger partial charge in [0, 0.05) is 12.7 Å². The summed E-state index contributed by atoms with van der Waals surface area (Å²) in [7, 11) is -1.69. The quantitative estimate of drug-likeness (QED) is 0.595. The minimum absolute atomic E-state index is 0.206. The average molecular weight is 244 g/mol. The van der Waals surface area contributed by atoms with Gasteiger partial charge in [-0.05, 0) is 31.5 Å². The van der Waals surface area contributed by atoms with Crippen LogP contribution >= 0.6 is 0 Å². The third-order valence-corrected chi connectivity index (χ3v) is 7.67. The summed E-state index contributed by atoms with van der Waals surface area (Å²) in [4.78, 5) is 10.4. The molecule has 16 heavy (non-hydrogen) atoms. The van der Waals surface area contributed by atoms with E-state index in [1.807, 2.05) is 6.92 Å². The third kappa shape index (κ3) is 5.46. The summed E-state index contributed by atoms with van der Waals surface area (Å²) >= 11 is 0. The van der Waals surface area contributed by atoms with Crippen LogP contribution in [0.2, 0.25) is 18.1 Å². The summed E-state index contributed by atoms with van der Waals surface area (Å²) in [5, 5.41) is 8.77. The molecule has 94 valence electrons. The van der Waals surface area contributed by atoms with E-state index in [0.29, 0.717) is 13.0 Å². The van der Waals surface area contributed by atoms with E-state index in [9.17, 15) is 4.79 Å². The summed E-state index contributed by atoms with van der Waals surface area (Å²) in [6.45, 7) is 13.4. The molecule has 0 spiro atoms. The fourth-order valence-electron chi connectivity index (χ4n) is 0.967. The smallest absolute Gasteiger partial charge is 0.328 e. The summed E-state index contributed by atoms with van der Waals surface area (Å²) in [6.07, 6.45) is 1.94. The Hall–Kier alpha value is -0.613. The van der Waals surface area contributed by atoms with Gasteiger partial charge in [0.1, 0.15) is 0 Å². The predicted octanol–water partition coefficient (Wildman–Crippen LogP) is 3.43. The molecule has 0 radical (unpaired) electrons. The highest BCUT2D eigenvalue weighted by atomic mass is 28.4. The van der Waals surface area contributed by atoms with Gasteiger partial charge in [0.25, 0.3) is 0 Å². The number of carboxylic acid groups (broad SMARTS) is 1. The lowest BCUT2D eigenvalue weighted by Gasteiger charge is -2.36. The van der Waals surface area contributed by atoms with Gasteiger partial charge >= 0.3 is 5.97 Å². The SMILES string of the molecule is C/C(=C\C(=O)O)CCO[Si](C)(C)C(C)(C)C. The molecule has 0 aliphatic heterocycles. The lowest BCUT2D eigenvalue weighted by atomic mass is 10.2. The van der Waals surface area contributed by atoms with Gasteiger partial charge in [-0.2, -0.15) is 0 Å². The molecule has 0 amide bonds. The van der Waals surface area contributed by atoms with Crippen LogP contribution < -0.4 is 0 Å². The van der Waals surface area contributed by atoms with Gasteiger partial charge in [-0.3, -0.25) is 0 Å². The van der Waals surface area contributed by atoms with Crippen molar-refractivity contribution in [2.75, 3.05) is 6.61 Å². The van der Waals surface area contributed by atoms with E-state index in [-0.39, 0.29) is 5.04 Å². The van der Waals surface area contributed by atoms with Crippen LogP contribution in [0.5, 0.6) is 0 Å². The second-order valence-corrected chi connectivity index (χ2v) is 10.5. The summed E-state index contributed by atoms with van der Waals surface area (Å²) < 4.78 is 5.95. The highest BCUT2D eigenvalue weighted by Gasteiger charge is 2.36. The van der Waals surface area contributed by atoms with Crippen LogP contribution in [0.15, 0.2) is 11.6 Å². The van der Waals surface area contributed by atoms with E-state index in [1.165, 1.54) is 6.08 Å². The first-order chi connectivity index (χ1) is 7.06. The zero-order chi connectivity index (χ0) is 13.0. The Bertz CT molecular complexity index is 274. The molecule has 0 unspecified atom stereocenters. The van der Waals surface area contributed by atoms with Crippen LogP contribution in [-0.4, -0.2) is 26.0 Å². The number of hydrogen-bond acceptors (Lipinski definition) is 2. The molecule has 0 rings (SSSR count). The standard InChI is InChI=1S/C12H24O3Si/c1-10(9-11(13)14)7-8-15-16(5,6)12(2,3)4/h9H,7-8H2,1-6H3,(H,13,14)/b10-9+. The van der Waals surface area contributed by atoms with Gasteiger partial charge in [-0.15, -0.1) is 0 Å². The summed E-state index contributed by atoms with van der Waals surface area (Å²) in [5.74, 6) is -0.884. The first kappa shape index (κ1) is 15.4. The van der Waals surface area contributed by atoms with E-state index in [2.05, 4.69) is 33.9 Å². The fraction of sp³-hybridized carbons (Fsp3) is 0.750. The first-order valence-corrected chi connectivity index (χ1v) is 8.51. The average Bonchev–Trinajstić information content (AvgIpc) is 1.99. The van der Waals surface area contributed by atoms with E-state index in [1.54, 1.807) is 0 Å². The zero-order valence-corrected chi connectivity index (χ0v) is 12.3. The monoisotopic (exact) mass is 244 g/mol. The molecule has 0 saturated heterocycles. The lowest BCUT2D eigenvalue weighted by molar-refractivity contribution is -0.131. The largest absolute Gasteiger partial charge is 0.478 e. The molecule has 0 bridgehead atoms. The molecule has 0 atom stereocenters. The highest BCUT2D eigenvalue weighted by Crippen LogP contribution is 2.36. The maximum atomic E-state index is 10.4. The molecular formula is C12H24O3Si. The van der Waals surface area contributed by atoms with Crippen LogP contribution in [0.4, 0.5) is 0 Å². The molecule has 4 heteroatoms. The molecule has 0 aromatic heterocycles. The van der Waals surface area contributed by atoms with Crippen LogP contribution in [-0.2, 0) is 9.22 Å². The topological polar surface area (TPSA) is 46.5 Å². The summed E-state index contributed by atoms with van der Waals surface area (Å²) in [5.41, 5.74) is 0.853. The number of carboxylic acids is 1. The van der Waals surface area contributed by atoms with Crippen molar-refractivity contribution in [2.45, 2.75) is 52.2 Å². The van der Waals surface area contributed by atoms with Gasteiger partial charge in [0.2, 0.25) is 0 Å². The third-order valence-electron chi connectivity index (χ3n) is 3.14. The van der Waals surface area contributed by atoms with E-state index in [4.69, 9.17) is 9.53 Å².